The molecule has 5 nitrogen and oxygen atoms in total. The third-order valence-electron chi connectivity index (χ3n) is 2.87. The highest BCUT2D eigenvalue weighted by Gasteiger charge is 2.21. The number of aliphatic hydroxyl groups excluding tert-OH is 1. The van der Waals surface area contributed by atoms with Crippen LogP contribution in [-0.2, 0) is 9.59 Å². The molecule has 0 fully saturated rings. The van der Waals surface area contributed by atoms with Crippen molar-refractivity contribution in [2.24, 2.45) is 17.6 Å². The molecule has 0 rings (SSSR count). The summed E-state index contributed by atoms with van der Waals surface area (Å²) < 4.78 is 0. The molecule has 0 radical (unpaired) electrons. The van der Waals surface area contributed by atoms with Gasteiger partial charge in [0.25, 0.3) is 0 Å². The summed E-state index contributed by atoms with van der Waals surface area (Å²) in [4.78, 5) is 22.5. The minimum absolute atomic E-state index is 0.0592. The van der Waals surface area contributed by atoms with E-state index in [0.717, 1.165) is 6.29 Å². The molecule has 0 aromatic carbocycles. The van der Waals surface area contributed by atoms with E-state index in [2.05, 4.69) is 5.32 Å². The summed E-state index contributed by atoms with van der Waals surface area (Å²) in [5.74, 6) is 0.365. The number of aliphatic hydroxyl groups is 1. The van der Waals surface area contributed by atoms with Crippen molar-refractivity contribution in [1.82, 2.24) is 5.32 Å². The number of carbonyl (C=O) groups excluding carboxylic acids is 2. The van der Waals surface area contributed by atoms with E-state index in [0.29, 0.717) is 24.7 Å². The summed E-state index contributed by atoms with van der Waals surface area (Å²) in [6, 6.07) is -0.897. The maximum Gasteiger partial charge on any atom is 0.223 e. The molecule has 0 heterocycles. The van der Waals surface area contributed by atoms with Gasteiger partial charge in [-0.15, -0.1) is 0 Å². The third kappa shape index (κ3) is 8.72. The van der Waals surface area contributed by atoms with Crippen molar-refractivity contribution in [3.8, 4) is 0 Å². The van der Waals surface area contributed by atoms with E-state index in [-0.39, 0.29) is 12.3 Å². The van der Waals surface area contributed by atoms with E-state index in [9.17, 15) is 14.7 Å². The summed E-state index contributed by atoms with van der Waals surface area (Å²) >= 11 is 0. The summed E-state index contributed by atoms with van der Waals surface area (Å²) in [7, 11) is 0. The van der Waals surface area contributed by atoms with E-state index in [1.54, 1.807) is 0 Å². The Hall–Kier alpha value is -0.940. The molecule has 0 spiro atoms. The van der Waals surface area contributed by atoms with Crippen LogP contribution in [0.25, 0.3) is 0 Å². The quantitative estimate of drug-likeness (QED) is 0.542. The lowest BCUT2D eigenvalue weighted by Crippen LogP contribution is -2.43. The minimum Gasteiger partial charge on any atom is -0.391 e. The molecule has 5 heteroatoms. The van der Waals surface area contributed by atoms with Gasteiger partial charge < -0.3 is 21.0 Å². The van der Waals surface area contributed by atoms with Crippen LogP contribution >= 0.6 is 0 Å². The van der Waals surface area contributed by atoms with Gasteiger partial charge in [0.05, 0.1) is 18.6 Å². The van der Waals surface area contributed by atoms with E-state index in [4.69, 9.17) is 5.73 Å². The normalized spacial score (nSPS) is 16.2. The first kappa shape index (κ1) is 18.1. The summed E-state index contributed by atoms with van der Waals surface area (Å²) in [6.07, 6.45) is 1.07. The van der Waals surface area contributed by atoms with E-state index in [1.807, 2.05) is 27.7 Å². The number of nitrogens with one attached hydrogen (secondary N) is 1. The van der Waals surface area contributed by atoms with Gasteiger partial charge in [0.2, 0.25) is 5.91 Å². The first-order valence-electron chi connectivity index (χ1n) is 6.94. The Morgan fingerprint density at radius 2 is 1.74 bits per heavy atom. The largest absolute Gasteiger partial charge is 0.391 e. The van der Waals surface area contributed by atoms with Gasteiger partial charge in [-0.2, -0.15) is 0 Å². The van der Waals surface area contributed by atoms with Gasteiger partial charge in [-0.05, 0) is 24.7 Å². The van der Waals surface area contributed by atoms with Crippen molar-refractivity contribution < 1.29 is 14.7 Å². The van der Waals surface area contributed by atoms with Crippen LogP contribution in [0.1, 0.15) is 47.0 Å². The maximum absolute atomic E-state index is 11.7. The number of hydrogen-bond acceptors (Lipinski definition) is 4. The lowest BCUT2D eigenvalue weighted by atomic mass is 9.98. The van der Waals surface area contributed by atoms with Crippen molar-refractivity contribution in [2.75, 3.05) is 0 Å². The Morgan fingerprint density at radius 1 is 1.21 bits per heavy atom. The van der Waals surface area contributed by atoms with Crippen LogP contribution in [-0.4, -0.2) is 35.5 Å². The van der Waals surface area contributed by atoms with Crippen molar-refractivity contribution in [3.05, 3.63) is 0 Å². The van der Waals surface area contributed by atoms with Gasteiger partial charge in [-0.1, -0.05) is 27.7 Å². The topological polar surface area (TPSA) is 92.4 Å². The number of amides is 1. The molecule has 0 aliphatic carbocycles. The van der Waals surface area contributed by atoms with Crippen LogP contribution in [0.2, 0.25) is 0 Å². The molecule has 0 bridgehead atoms. The van der Waals surface area contributed by atoms with Crippen LogP contribution in [0.5, 0.6) is 0 Å². The molecule has 0 aliphatic rings. The number of nitrogens with two attached hydrogens (primary N) is 1. The van der Waals surface area contributed by atoms with E-state index >= 15 is 0 Å². The Bertz CT molecular complexity index is 280. The zero-order valence-electron chi connectivity index (χ0n) is 12.4. The highest BCUT2D eigenvalue weighted by atomic mass is 16.3. The van der Waals surface area contributed by atoms with Gasteiger partial charge in [-0.3, -0.25) is 4.79 Å². The number of rotatable bonds is 9. The fourth-order valence-corrected chi connectivity index (χ4v) is 1.96. The lowest BCUT2D eigenvalue weighted by Gasteiger charge is -2.21. The van der Waals surface area contributed by atoms with Crippen LogP contribution in [0.4, 0.5) is 0 Å². The van der Waals surface area contributed by atoms with Crippen LogP contribution < -0.4 is 11.1 Å². The predicted molar refractivity (Wildman–Crippen MR) is 75.5 cm³/mol. The molecule has 112 valence electrons. The Balaban J connectivity index is 4.17. The average Bonchev–Trinajstić information content (AvgIpc) is 2.26. The molecule has 0 saturated carbocycles. The standard InChI is InChI=1S/C14H28N2O3/c1-9(2)5-11(8-17)16-14(19)7-13(18)12(15)6-10(3)4/h8-13,18H,5-7,15H2,1-4H3,(H,16,19)/t11-,12-,13-/m0/s1. The highest BCUT2D eigenvalue weighted by Crippen LogP contribution is 2.09. The fourth-order valence-electron chi connectivity index (χ4n) is 1.96. The smallest absolute Gasteiger partial charge is 0.223 e. The molecule has 3 atom stereocenters. The van der Waals surface area contributed by atoms with Crippen LogP contribution in [0.3, 0.4) is 0 Å². The molecule has 1 amide bonds. The van der Waals surface area contributed by atoms with E-state index in [1.165, 1.54) is 0 Å². The van der Waals surface area contributed by atoms with Gasteiger partial charge in [0, 0.05) is 6.04 Å². The third-order valence-corrected chi connectivity index (χ3v) is 2.87. The molecular formula is C14H28N2O3. The summed E-state index contributed by atoms with van der Waals surface area (Å²) in [5.41, 5.74) is 5.81. The van der Waals surface area contributed by atoms with Crippen molar-refractivity contribution >= 4 is 12.2 Å². The Labute approximate surface area is 115 Å². The number of aldehydes is 1. The SMILES string of the molecule is CC(C)C[C@@H](C=O)NC(=O)C[C@H](O)[C@@H](N)CC(C)C. The molecule has 4 N–H and O–H groups in total. The minimum atomic E-state index is -0.867. The molecule has 0 aromatic rings. The average molecular weight is 272 g/mol. The summed E-state index contributed by atoms with van der Waals surface area (Å²) in [6.45, 7) is 7.99. The highest BCUT2D eigenvalue weighted by molar-refractivity contribution is 5.80. The van der Waals surface area contributed by atoms with E-state index < -0.39 is 18.2 Å². The maximum atomic E-state index is 11.7. The molecule has 0 unspecified atom stereocenters. The molecule has 0 aromatic heterocycles. The molecule has 19 heavy (non-hydrogen) atoms. The second-order valence-electron chi connectivity index (χ2n) is 6.00. The molecule has 0 saturated heterocycles. The van der Waals surface area contributed by atoms with Crippen molar-refractivity contribution in [3.63, 3.8) is 0 Å². The van der Waals surface area contributed by atoms with Gasteiger partial charge in [0.15, 0.2) is 0 Å². The summed E-state index contributed by atoms with van der Waals surface area (Å²) in [5, 5.41) is 12.4. The fraction of sp³-hybridized carbons (Fsp3) is 0.857. The van der Waals surface area contributed by atoms with Gasteiger partial charge in [0.1, 0.15) is 6.29 Å². The van der Waals surface area contributed by atoms with Crippen molar-refractivity contribution in [2.45, 2.75) is 65.1 Å². The first-order valence-corrected chi connectivity index (χ1v) is 6.94. The van der Waals surface area contributed by atoms with Crippen LogP contribution in [0.15, 0.2) is 0 Å². The monoisotopic (exact) mass is 272 g/mol. The lowest BCUT2D eigenvalue weighted by molar-refractivity contribution is -0.126. The predicted octanol–water partition coefficient (Wildman–Crippen LogP) is 0.841. The Kier molecular flexibility index (Phi) is 8.59. The molecule has 0 aliphatic heterocycles. The zero-order chi connectivity index (χ0) is 15.0. The zero-order valence-corrected chi connectivity index (χ0v) is 12.4. The van der Waals surface area contributed by atoms with Gasteiger partial charge >= 0.3 is 0 Å². The second-order valence-corrected chi connectivity index (χ2v) is 6.00. The Morgan fingerprint density at radius 3 is 2.16 bits per heavy atom. The van der Waals surface area contributed by atoms with Crippen molar-refractivity contribution in [1.29, 1.82) is 0 Å². The second kappa shape index (κ2) is 9.04. The number of hydrogen-bond donors (Lipinski definition) is 3. The molecular weight excluding hydrogens is 244 g/mol. The first-order chi connectivity index (χ1) is 8.76. The van der Waals surface area contributed by atoms with Crippen LogP contribution in [0, 0.1) is 11.8 Å². The number of carbonyl (C=O) groups is 2. The van der Waals surface area contributed by atoms with Gasteiger partial charge in [-0.25, -0.2) is 0 Å².